The molecule has 0 aliphatic rings. The number of carbonyl (C=O) groups excluding carboxylic acids is 1. The lowest BCUT2D eigenvalue weighted by atomic mass is 10.2. The Morgan fingerprint density at radius 3 is 2.50 bits per heavy atom. The van der Waals surface area contributed by atoms with E-state index in [1.54, 1.807) is 6.07 Å². The predicted octanol–water partition coefficient (Wildman–Crippen LogP) is 1.29. The molecular weight excluding hydrogens is 401 g/mol. The minimum atomic E-state index is -4.08. The molecule has 0 spiro atoms. The first-order valence-electron chi connectivity index (χ1n) is 5.31. The number of carbonyl (C=O) groups is 2. The first kappa shape index (κ1) is 16.7. The molecule has 2 N–H and O–H groups in total. The van der Waals surface area contributed by atoms with Gasteiger partial charge in [0, 0.05) is 3.57 Å². The van der Waals surface area contributed by atoms with Gasteiger partial charge in [0.1, 0.15) is 0 Å². The van der Waals surface area contributed by atoms with E-state index >= 15 is 0 Å². The Hall–Kier alpha value is -1.36. The second-order valence-corrected chi connectivity index (χ2v) is 7.05. The average molecular weight is 413 g/mol. The van der Waals surface area contributed by atoms with Gasteiger partial charge < -0.3 is 9.84 Å². The van der Waals surface area contributed by atoms with Gasteiger partial charge in [0.15, 0.2) is 5.25 Å². The van der Waals surface area contributed by atoms with Crippen molar-refractivity contribution in [2.45, 2.75) is 12.2 Å². The number of carboxylic acid groups (broad SMARTS) is 1. The normalized spacial score (nSPS) is 12.6. The molecule has 7 nitrogen and oxygen atoms in total. The lowest BCUT2D eigenvalue weighted by Crippen LogP contribution is -2.33. The number of hydrogen-bond acceptors (Lipinski definition) is 5. The molecule has 0 fully saturated rings. The van der Waals surface area contributed by atoms with Crippen LogP contribution in [0.15, 0.2) is 18.2 Å². The van der Waals surface area contributed by atoms with Crippen LogP contribution in [0.1, 0.15) is 17.3 Å². The summed E-state index contributed by atoms with van der Waals surface area (Å²) in [6.07, 6.45) is 0. The van der Waals surface area contributed by atoms with Gasteiger partial charge in [0.2, 0.25) is 10.0 Å². The van der Waals surface area contributed by atoms with Crippen molar-refractivity contribution in [3.05, 3.63) is 27.3 Å². The van der Waals surface area contributed by atoms with Gasteiger partial charge in [0.25, 0.3) is 0 Å². The second-order valence-electron chi connectivity index (χ2n) is 3.81. The highest BCUT2D eigenvalue weighted by atomic mass is 127. The fourth-order valence-electron chi connectivity index (χ4n) is 1.32. The highest BCUT2D eigenvalue weighted by Gasteiger charge is 2.30. The minimum absolute atomic E-state index is 0.103. The first-order chi connectivity index (χ1) is 9.19. The summed E-state index contributed by atoms with van der Waals surface area (Å²) in [5.41, 5.74) is -0.300. The van der Waals surface area contributed by atoms with E-state index in [0.29, 0.717) is 3.57 Å². The van der Waals surface area contributed by atoms with Crippen LogP contribution in [0.3, 0.4) is 0 Å². The SMILES string of the molecule is COC(=O)C(C)S(=O)(=O)Nc1ccc(I)cc1C(=O)O. The Morgan fingerprint density at radius 2 is 2.00 bits per heavy atom. The van der Waals surface area contributed by atoms with Gasteiger partial charge in [-0.2, -0.15) is 0 Å². The van der Waals surface area contributed by atoms with Crippen molar-refractivity contribution in [3.8, 4) is 0 Å². The number of nitrogens with one attached hydrogen (secondary N) is 1. The monoisotopic (exact) mass is 413 g/mol. The number of aromatic carboxylic acids is 1. The summed E-state index contributed by atoms with van der Waals surface area (Å²) >= 11 is 1.91. The van der Waals surface area contributed by atoms with E-state index in [9.17, 15) is 18.0 Å². The number of esters is 1. The zero-order chi connectivity index (χ0) is 15.5. The van der Waals surface area contributed by atoms with Crippen LogP contribution in [0, 0.1) is 3.57 Å². The molecule has 0 aliphatic carbocycles. The van der Waals surface area contributed by atoms with E-state index in [-0.39, 0.29) is 11.3 Å². The summed E-state index contributed by atoms with van der Waals surface area (Å²) in [4.78, 5) is 22.4. The topological polar surface area (TPSA) is 110 Å². The number of anilines is 1. The van der Waals surface area contributed by atoms with Crippen LogP contribution in [0.5, 0.6) is 0 Å². The molecule has 1 unspecified atom stereocenters. The van der Waals surface area contributed by atoms with Crippen LogP contribution >= 0.6 is 22.6 Å². The van der Waals surface area contributed by atoms with Gasteiger partial charge >= 0.3 is 11.9 Å². The molecule has 0 aromatic heterocycles. The van der Waals surface area contributed by atoms with Crippen LogP contribution < -0.4 is 4.72 Å². The van der Waals surface area contributed by atoms with E-state index in [4.69, 9.17) is 5.11 Å². The quantitative estimate of drug-likeness (QED) is 0.556. The van der Waals surface area contributed by atoms with Gasteiger partial charge in [-0.1, -0.05) is 0 Å². The summed E-state index contributed by atoms with van der Waals surface area (Å²) in [7, 11) is -3.01. The highest BCUT2D eigenvalue weighted by Crippen LogP contribution is 2.21. The fourth-order valence-corrected chi connectivity index (χ4v) is 2.82. The zero-order valence-corrected chi connectivity index (χ0v) is 13.6. The highest BCUT2D eigenvalue weighted by molar-refractivity contribution is 14.1. The lowest BCUT2D eigenvalue weighted by molar-refractivity contribution is -0.139. The molecule has 0 aliphatic heterocycles. The molecule has 0 amide bonds. The van der Waals surface area contributed by atoms with E-state index in [1.807, 2.05) is 22.6 Å². The predicted molar refractivity (Wildman–Crippen MR) is 80.1 cm³/mol. The zero-order valence-electron chi connectivity index (χ0n) is 10.6. The molecular formula is C11H12INO6S. The Balaban J connectivity index is 3.16. The smallest absolute Gasteiger partial charge is 0.337 e. The largest absolute Gasteiger partial charge is 0.478 e. The molecule has 1 aromatic carbocycles. The Morgan fingerprint density at radius 1 is 1.40 bits per heavy atom. The molecule has 9 heteroatoms. The summed E-state index contributed by atoms with van der Waals surface area (Å²) in [5.74, 6) is -2.20. The molecule has 1 rings (SSSR count). The lowest BCUT2D eigenvalue weighted by Gasteiger charge is -2.14. The van der Waals surface area contributed by atoms with Crippen molar-refractivity contribution in [2.24, 2.45) is 0 Å². The third kappa shape index (κ3) is 3.82. The second kappa shape index (κ2) is 6.39. The van der Waals surface area contributed by atoms with E-state index in [1.165, 1.54) is 12.1 Å². The summed E-state index contributed by atoms with van der Waals surface area (Å²) in [6.45, 7) is 1.15. The van der Waals surface area contributed by atoms with Crippen LogP contribution in [0.25, 0.3) is 0 Å². The molecule has 0 heterocycles. The number of rotatable bonds is 5. The molecule has 0 saturated heterocycles. The van der Waals surface area contributed by atoms with Crippen molar-refractivity contribution in [3.63, 3.8) is 0 Å². The Labute approximate surface area is 129 Å². The maximum atomic E-state index is 12.0. The average Bonchev–Trinajstić information content (AvgIpc) is 2.38. The molecule has 110 valence electrons. The number of hydrogen-bond donors (Lipinski definition) is 2. The summed E-state index contributed by atoms with van der Waals surface area (Å²) < 4.78 is 31.0. The molecule has 0 radical (unpaired) electrons. The molecule has 0 bridgehead atoms. The minimum Gasteiger partial charge on any atom is -0.478 e. The van der Waals surface area contributed by atoms with E-state index < -0.39 is 27.2 Å². The Bertz CT molecular complexity index is 642. The molecule has 20 heavy (non-hydrogen) atoms. The van der Waals surface area contributed by atoms with Crippen LogP contribution in [0.4, 0.5) is 5.69 Å². The third-order valence-corrected chi connectivity index (χ3v) is 4.76. The van der Waals surface area contributed by atoms with E-state index in [2.05, 4.69) is 9.46 Å². The summed E-state index contributed by atoms with van der Waals surface area (Å²) in [5, 5.41) is 7.60. The number of carboxylic acids is 1. The number of methoxy groups -OCH3 is 1. The first-order valence-corrected chi connectivity index (χ1v) is 7.94. The number of ether oxygens (including phenoxy) is 1. The summed E-state index contributed by atoms with van der Waals surface area (Å²) in [6, 6.07) is 4.20. The van der Waals surface area contributed by atoms with Gasteiger partial charge in [-0.05, 0) is 47.7 Å². The number of sulfonamides is 1. The van der Waals surface area contributed by atoms with E-state index in [0.717, 1.165) is 14.0 Å². The van der Waals surface area contributed by atoms with Crippen molar-refractivity contribution in [2.75, 3.05) is 11.8 Å². The number of benzene rings is 1. The van der Waals surface area contributed by atoms with Crippen molar-refractivity contribution >= 4 is 50.2 Å². The fraction of sp³-hybridized carbons (Fsp3) is 0.273. The van der Waals surface area contributed by atoms with Gasteiger partial charge in [-0.3, -0.25) is 9.52 Å². The van der Waals surface area contributed by atoms with Gasteiger partial charge in [-0.15, -0.1) is 0 Å². The maximum absolute atomic E-state index is 12.0. The van der Waals surface area contributed by atoms with Gasteiger partial charge in [0.05, 0.1) is 18.4 Å². The van der Waals surface area contributed by atoms with Crippen LogP contribution in [-0.2, 0) is 19.6 Å². The van der Waals surface area contributed by atoms with Crippen molar-refractivity contribution in [1.82, 2.24) is 0 Å². The van der Waals surface area contributed by atoms with Crippen molar-refractivity contribution < 1.29 is 27.9 Å². The maximum Gasteiger partial charge on any atom is 0.337 e. The number of halogens is 1. The van der Waals surface area contributed by atoms with Gasteiger partial charge in [-0.25, -0.2) is 13.2 Å². The molecule has 1 aromatic rings. The molecule has 1 atom stereocenters. The standard InChI is InChI=1S/C11H12INO6S/c1-6(11(16)19-2)20(17,18)13-9-4-3-7(12)5-8(9)10(14)15/h3-6,13H,1-2H3,(H,14,15). The van der Waals surface area contributed by atoms with Crippen molar-refractivity contribution in [1.29, 1.82) is 0 Å². The third-order valence-electron chi connectivity index (χ3n) is 2.46. The van der Waals surface area contributed by atoms with Crippen LogP contribution in [-0.4, -0.2) is 37.8 Å². The Kier molecular flexibility index (Phi) is 5.34. The van der Waals surface area contributed by atoms with Crippen LogP contribution in [0.2, 0.25) is 0 Å². The molecule has 0 saturated carbocycles.